The third-order valence-corrected chi connectivity index (χ3v) is 6.85. The van der Waals surface area contributed by atoms with Crippen molar-refractivity contribution < 1.29 is 25.8 Å². The van der Waals surface area contributed by atoms with Gasteiger partial charge in [-0.25, -0.2) is 8.42 Å². The molecule has 0 aliphatic heterocycles. The Morgan fingerprint density at radius 1 is 0.903 bits per heavy atom. The summed E-state index contributed by atoms with van der Waals surface area (Å²) in [6, 6.07) is 13.3. The molecule has 0 unspecified atom stereocenters. The Hall–Kier alpha value is -3.11. The fourth-order valence-electron chi connectivity index (χ4n) is 2.86. The molecule has 164 valence electrons. The number of sulfone groups is 1. The van der Waals surface area contributed by atoms with E-state index in [1.807, 2.05) is 4.57 Å². The SMILES string of the molecule is Cc1cc(OCCn2ccc(=N)cc2)cc(OS(=O)(=O)c2ccccc2S(C)(=O)=O)c1. The first-order valence-electron chi connectivity index (χ1n) is 9.23. The molecule has 0 radical (unpaired) electrons. The molecule has 0 amide bonds. The van der Waals surface area contributed by atoms with Crippen LogP contribution < -0.4 is 14.3 Å². The highest BCUT2D eigenvalue weighted by atomic mass is 32.2. The van der Waals surface area contributed by atoms with Crippen molar-refractivity contribution in [3.63, 3.8) is 0 Å². The second-order valence-corrected chi connectivity index (χ2v) is 10.4. The fourth-order valence-corrected chi connectivity index (χ4v) is 5.37. The van der Waals surface area contributed by atoms with Crippen LogP contribution in [-0.2, 0) is 26.5 Å². The lowest BCUT2D eigenvalue weighted by Crippen LogP contribution is -2.14. The van der Waals surface area contributed by atoms with E-state index in [-0.39, 0.29) is 10.6 Å². The van der Waals surface area contributed by atoms with Crippen molar-refractivity contribution in [3.05, 3.63) is 77.9 Å². The van der Waals surface area contributed by atoms with E-state index < -0.39 is 24.9 Å². The molecule has 3 aromatic rings. The molecule has 0 aliphatic rings. The van der Waals surface area contributed by atoms with Crippen molar-refractivity contribution in [2.75, 3.05) is 12.9 Å². The lowest BCUT2D eigenvalue weighted by atomic mass is 10.2. The van der Waals surface area contributed by atoms with Crippen molar-refractivity contribution in [3.8, 4) is 11.5 Å². The maximum Gasteiger partial charge on any atom is 0.340 e. The van der Waals surface area contributed by atoms with Crippen LogP contribution in [-0.4, -0.2) is 34.3 Å². The van der Waals surface area contributed by atoms with Gasteiger partial charge in [-0.15, -0.1) is 0 Å². The largest absolute Gasteiger partial charge is 0.492 e. The summed E-state index contributed by atoms with van der Waals surface area (Å²) < 4.78 is 62.3. The van der Waals surface area contributed by atoms with Gasteiger partial charge in [0.25, 0.3) is 0 Å². The van der Waals surface area contributed by atoms with Gasteiger partial charge in [-0.3, -0.25) is 0 Å². The van der Waals surface area contributed by atoms with Crippen LogP contribution in [0.25, 0.3) is 0 Å². The minimum Gasteiger partial charge on any atom is -0.492 e. The van der Waals surface area contributed by atoms with Gasteiger partial charge < -0.3 is 18.9 Å². The first-order chi connectivity index (χ1) is 14.5. The average molecular weight is 463 g/mol. The molecule has 3 rings (SSSR count). The zero-order valence-electron chi connectivity index (χ0n) is 17.0. The predicted molar refractivity (Wildman–Crippen MR) is 114 cm³/mol. The first-order valence-corrected chi connectivity index (χ1v) is 12.5. The van der Waals surface area contributed by atoms with Crippen LogP contribution in [0.15, 0.2) is 76.8 Å². The summed E-state index contributed by atoms with van der Waals surface area (Å²) in [5.41, 5.74) is 0.713. The van der Waals surface area contributed by atoms with Crippen LogP contribution >= 0.6 is 0 Å². The standard InChI is InChI=1S/C21H22N2O6S2/c1-16-13-18(28-12-11-23-9-7-17(22)8-10-23)15-19(14-16)29-31(26,27)21-6-4-3-5-20(21)30(2,24)25/h3-10,13-15,22H,11-12H2,1-2H3. The Balaban J connectivity index is 1.79. The minimum atomic E-state index is -4.38. The van der Waals surface area contributed by atoms with Crippen molar-refractivity contribution in [1.29, 1.82) is 5.41 Å². The van der Waals surface area contributed by atoms with Crippen molar-refractivity contribution in [1.82, 2.24) is 4.57 Å². The van der Waals surface area contributed by atoms with Gasteiger partial charge in [0.2, 0.25) is 0 Å². The lowest BCUT2D eigenvalue weighted by molar-refractivity contribution is 0.297. The Kier molecular flexibility index (Phi) is 6.51. The van der Waals surface area contributed by atoms with Gasteiger partial charge in [0.1, 0.15) is 23.0 Å². The molecule has 0 aliphatic carbocycles. The number of pyridine rings is 1. The van der Waals surface area contributed by atoms with E-state index in [0.29, 0.717) is 29.8 Å². The second-order valence-electron chi connectivity index (χ2n) is 6.91. The maximum atomic E-state index is 12.8. The molecule has 31 heavy (non-hydrogen) atoms. The normalized spacial score (nSPS) is 11.8. The number of aromatic nitrogens is 1. The first kappa shape index (κ1) is 22.6. The minimum absolute atomic E-state index is 0.0181. The molecular formula is C21H22N2O6S2. The third-order valence-electron chi connectivity index (χ3n) is 4.26. The number of hydrogen-bond acceptors (Lipinski definition) is 7. The third kappa shape index (κ3) is 5.96. The van der Waals surface area contributed by atoms with E-state index in [9.17, 15) is 16.8 Å². The highest BCUT2D eigenvalue weighted by molar-refractivity contribution is 7.92. The summed E-state index contributed by atoms with van der Waals surface area (Å²) in [7, 11) is -8.15. The van der Waals surface area contributed by atoms with Gasteiger partial charge in [-0.05, 0) is 48.9 Å². The molecule has 10 heteroatoms. The maximum absolute atomic E-state index is 12.8. The molecule has 1 aromatic heterocycles. The van der Waals surface area contributed by atoms with Gasteiger partial charge in [0.15, 0.2) is 9.84 Å². The van der Waals surface area contributed by atoms with Crippen LogP contribution in [0.4, 0.5) is 0 Å². The molecule has 8 nitrogen and oxygen atoms in total. The number of hydrogen-bond donors (Lipinski definition) is 1. The van der Waals surface area contributed by atoms with E-state index in [2.05, 4.69) is 0 Å². The Labute approximate surface area is 181 Å². The Morgan fingerprint density at radius 3 is 2.16 bits per heavy atom. The molecule has 0 spiro atoms. The van der Waals surface area contributed by atoms with Crippen molar-refractivity contribution in [2.45, 2.75) is 23.3 Å². The molecule has 0 atom stereocenters. The fraction of sp³-hybridized carbons (Fsp3) is 0.190. The number of nitrogens with zero attached hydrogens (tertiary/aromatic N) is 1. The molecule has 0 bridgehead atoms. The van der Waals surface area contributed by atoms with E-state index in [4.69, 9.17) is 14.3 Å². The molecular weight excluding hydrogens is 440 g/mol. The summed E-state index contributed by atoms with van der Waals surface area (Å²) in [6.07, 6.45) is 4.47. The van der Waals surface area contributed by atoms with E-state index in [1.54, 1.807) is 37.5 Å². The predicted octanol–water partition coefficient (Wildman–Crippen LogP) is 2.53. The molecule has 0 saturated carbocycles. The van der Waals surface area contributed by atoms with Crippen LogP contribution in [0.5, 0.6) is 11.5 Å². The Bertz CT molecular complexity index is 1340. The summed E-state index contributed by atoms with van der Waals surface area (Å²) in [5.74, 6) is 0.434. The molecule has 2 aromatic carbocycles. The van der Waals surface area contributed by atoms with Crippen molar-refractivity contribution in [2.24, 2.45) is 0 Å². The lowest BCUT2D eigenvalue weighted by Gasteiger charge is -2.13. The molecule has 0 saturated heterocycles. The van der Waals surface area contributed by atoms with Gasteiger partial charge in [-0.2, -0.15) is 8.42 Å². The zero-order valence-corrected chi connectivity index (χ0v) is 18.6. The van der Waals surface area contributed by atoms with E-state index in [0.717, 1.165) is 6.26 Å². The number of benzene rings is 2. The number of ether oxygens (including phenoxy) is 1. The van der Waals surface area contributed by atoms with E-state index >= 15 is 0 Å². The van der Waals surface area contributed by atoms with E-state index in [1.165, 1.54) is 36.4 Å². The van der Waals surface area contributed by atoms with Crippen LogP contribution in [0, 0.1) is 12.3 Å². The summed E-state index contributed by atoms with van der Waals surface area (Å²) in [6.45, 7) is 2.61. The van der Waals surface area contributed by atoms with Crippen LogP contribution in [0.2, 0.25) is 0 Å². The van der Waals surface area contributed by atoms with Gasteiger partial charge in [0, 0.05) is 24.7 Å². The summed E-state index contributed by atoms with van der Waals surface area (Å²) >= 11 is 0. The van der Waals surface area contributed by atoms with Gasteiger partial charge in [0.05, 0.1) is 16.8 Å². The highest BCUT2D eigenvalue weighted by Gasteiger charge is 2.25. The topological polar surface area (TPSA) is 116 Å². The summed E-state index contributed by atoms with van der Waals surface area (Å²) in [5, 5.41) is 7.90. The molecule has 1 heterocycles. The zero-order chi connectivity index (χ0) is 22.6. The number of aryl methyl sites for hydroxylation is 1. The molecule has 0 fully saturated rings. The molecule has 1 N–H and O–H groups in total. The monoisotopic (exact) mass is 462 g/mol. The highest BCUT2D eigenvalue weighted by Crippen LogP contribution is 2.28. The number of nitrogens with one attached hydrogen (secondary N) is 1. The number of rotatable bonds is 8. The quantitative estimate of drug-likeness (QED) is 0.515. The van der Waals surface area contributed by atoms with Crippen molar-refractivity contribution >= 4 is 20.0 Å². The van der Waals surface area contributed by atoms with Crippen LogP contribution in [0.1, 0.15) is 5.56 Å². The Morgan fingerprint density at radius 2 is 1.52 bits per heavy atom. The second kappa shape index (κ2) is 8.94. The van der Waals surface area contributed by atoms with Gasteiger partial charge >= 0.3 is 10.1 Å². The van der Waals surface area contributed by atoms with Gasteiger partial charge in [-0.1, -0.05) is 12.1 Å². The summed E-state index contributed by atoms with van der Waals surface area (Å²) in [4.78, 5) is -0.745. The van der Waals surface area contributed by atoms with Crippen LogP contribution in [0.3, 0.4) is 0 Å². The smallest absolute Gasteiger partial charge is 0.340 e. The average Bonchev–Trinajstić information content (AvgIpc) is 2.68.